The van der Waals surface area contributed by atoms with E-state index in [1.54, 1.807) is 29.9 Å². The van der Waals surface area contributed by atoms with E-state index in [4.69, 9.17) is 4.42 Å². The molecule has 0 aliphatic carbocycles. The lowest BCUT2D eigenvalue weighted by atomic mass is 10.2. The Kier molecular flexibility index (Phi) is 2.57. The number of hydrogen-bond donors (Lipinski definition) is 0. The first-order valence-corrected chi connectivity index (χ1v) is 6.99. The van der Waals surface area contributed by atoms with Gasteiger partial charge in [-0.1, -0.05) is 0 Å². The highest BCUT2D eigenvalue weighted by atomic mass is 32.1. The van der Waals surface area contributed by atoms with Crippen molar-refractivity contribution in [2.45, 2.75) is 0 Å². The second-order valence-electron chi connectivity index (χ2n) is 4.27. The van der Waals surface area contributed by atoms with Crippen molar-refractivity contribution >= 4 is 22.4 Å². The Morgan fingerprint density at radius 3 is 2.65 bits per heavy atom. The van der Waals surface area contributed by atoms with Gasteiger partial charge in [-0.15, -0.1) is 11.3 Å². The molecule has 4 rings (SSSR count). The summed E-state index contributed by atoms with van der Waals surface area (Å²) in [7, 11) is 0. The quantitative estimate of drug-likeness (QED) is 0.556. The van der Waals surface area contributed by atoms with Crippen LogP contribution in [0.4, 0.5) is 0 Å². The Bertz CT molecular complexity index is 853. The van der Waals surface area contributed by atoms with Crippen LogP contribution >= 0.6 is 11.3 Å². The van der Waals surface area contributed by atoms with Crippen molar-refractivity contribution in [3.63, 3.8) is 0 Å². The molecule has 0 atom stereocenters. The molecule has 0 radical (unpaired) electrons. The van der Waals surface area contributed by atoms with E-state index >= 15 is 0 Å². The average Bonchev–Trinajstić information content (AvgIpc) is 3.16. The Balaban J connectivity index is 1.84. The molecule has 3 aromatic heterocycles. The van der Waals surface area contributed by atoms with Crippen LogP contribution in [0.3, 0.4) is 0 Å². The van der Waals surface area contributed by atoms with Crippen LogP contribution in [0.5, 0.6) is 0 Å². The first kappa shape index (κ1) is 11.3. The molecule has 0 aliphatic heterocycles. The largest absolute Gasteiger partial charge is 0.436 e. The highest BCUT2D eigenvalue weighted by Gasteiger charge is 2.09. The molecule has 0 fully saturated rings. The molecule has 0 saturated carbocycles. The number of hydrogen-bond acceptors (Lipinski definition) is 5. The van der Waals surface area contributed by atoms with Crippen molar-refractivity contribution in [2.75, 3.05) is 0 Å². The van der Waals surface area contributed by atoms with Crippen molar-refractivity contribution in [3.05, 3.63) is 54.3 Å². The van der Waals surface area contributed by atoms with Gasteiger partial charge in [0.2, 0.25) is 5.89 Å². The normalized spacial score (nSPS) is 11.0. The zero-order valence-electron chi connectivity index (χ0n) is 10.4. The van der Waals surface area contributed by atoms with Crippen LogP contribution in [-0.4, -0.2) is 15.0 Å². The molecule has 0 N–H and O–H groups in total. The van der Waals surface area contributed by atoms with Gasteiger partial charge < -0.3 is 4.42 Å². The van der Waals surface area contributed by atoms with Gasteiger partial charge in [-0.3, -0.25) is 4.98 Å². The van der Waals surface area contributed by atoms with Crippen molar-refractivity contribution < 1.29 is 4.42 Å². The second kappa shape index (κ2) is 4.54. The third-order valence-corrected chi connectivity index (χ3v) is 3.82. The Labute approximate surface area is 118 Å². The van der Waals surface area contributed by atoms with Crippen LogP contribution in [0.15, 0.2) is 58.7 Å². The summed E-state index contributed by atoms with van der Waals surface area (Å²) in [6.07, 6.45) is 5.26. The van der Waals surface area contributed by atoms with Gasteiger partial charge in [0.25, 0.3) is 0 Å². The summed E-state index contributed by atoms with van der Waals surface area (Å²) in [5, 5.41) is 2.95. The molecule has 4 aromatic rings. The topological polar surface area (TPSA) is 51.8 Å². The minimum atomic E-state index is 0.610. The van der Waals surface area contributed by atoms with E-state index in [1.807, 2.05) is 35.7 Å². The summed E-state index contributed by atoms with van der Waals surface area (Å²) in [5.41, 5.74) is 3.59. The number of thiazole rings is 1. The van der Waals surface area contributed by atoms with Crippen LogP contribution in [0.2, 0.25) is 0 Å². The standard InChI is InChI=1S/C15H9N3OS/c1-2-13-12(9-11(1)15-17-7-8-20-15)18-14(19-13)10-3-5-16-6-4-10/h1-9H. The third kappa shape index (κ3) is 1.88. The number of aromatic nitrogens is 3. The predicted octanol–water partition coefficient (Wildman–Crippen LogP) is 4.01. The molecule has 0 spiro atoms. The number of oxazole rings is 1. The zero-order chi connectivity index (χ0) is 13.4. The van der Waals surface area contributed by atoms with Crippen LogP contribution in [-0.2, 0) is 0 Å². The number of benzene rings is 1. The van der Waals surface area contributed by atoms with Crippen molar-refractivity contribution in [1.82, 2.24) is 15.0 Å². The predicted molar refractivity (Wildman–Crippen MR) is 78.3 cm³/mol. The van der Waals surface area contributed by atoms with E-state index in [0.717, 1.165) is 27.2 Å². The molecule has 0 saturated heterocycles. The van der Waals surface area contributed by atoms with Gasteiger partial charge in [-0.2, -0.15) is 0 Å². The minimum absolute atomic E-state index is 0.610. The fourth-order valence-corrected chi connectivity index (χ4v) is 2.68. The fraction of sp³-hybridized carbons (Fsp3) is 0. The first-order chi connectivity index (χ1) is 9.90. The van der Waals surface area contributed by atoms with Gasteiger partial charge in [0.1, 0.15) is 10.5 Å². The summed E-state index contributed by atoms with van der Waals surface area (Å²) in [5.74, 6) is 0.610. The van der Waals surface area contributed by atoms with Crippen LogP contribution in [0.1, 0.15) is 0 Å². The summed E-state index contributed by atoms with van der Waals surface area (Å²) in [4.78, 5) is 12.8. The van der Waals surface area contributed by atoms with E-state index in [-0.39, 0.29) is 0 Å². The summed E-state index contributed by atoms with van der Waals surface area (Å²) in [6, 6.07) is 9.70. The molecular formula is C15H9N3OS. The van der Waals surface area contributed by atoms with Gasteiger partial charge in [0.05, 0.1) is 0 Å². The summed E-state index contributed by atoms with van der Waals surface area (Å²) in [6.45, 7) is 0. The van der Waals surface area contributed by atoms with Gasteiger partial charge in [-0.25, -0.2) is 9.97 Å². The highest BCUT2D eigenvalue weighted by Crippen LogP contribution is 2.28. The zero-order valence-corrected chi connectivity index (χ0v) is 11.2. The molecule has 96 valence electrons. The molecule has 0 amide bonds. The molecule has 5 heteroatoms. The number of rotatable bonds is 2. The molecule has 0 aliphatic rings. The van der Waals surface area contributed by atoms with Crippen LogP contribution in [0, 0.1) is 0 Å². The number of pyridine rings is 1. The maximum Gasteiger partial charge on any atom is 0.227 e. The fourth-order valence-electron chi connectivity index (χ4n) is 2.04. The average molecular weight is 279 g/mol. The van der Waals surface area contributed by atoms with E-state index < -0.39 is 0 Å². The van der Waals surface area contributed by atoms with Gasteiger partial charge in [0.15, 0.2) is 5.58 Å². The van der Waals surface area contributed by atoms with Crippen molar-refractivity contribution in [3.8, 4) is 22.0 Å². The molecule has 4 nitrogen and oxygen atoms in total. The van der Waals surface area contributed by atoms with E-state index in [1.165, 1.54) is 0 Å². The van der Waals surface area contributed by atoms with E-state index in [9.17, 15) is 0 Å². The molecule has 20 heavy (non-hydrogen) atoms. The Hall–Kier alpha value is -2.53. The monoisotopic (exact) mass is 279 g/mol. The molecule has 3 heterocycles. The lowest BCUT2D eigenvalue weighted by Gasteiger charge is -1.94. The summed E-state index contributed by atoms with van der Waals surface area (Å²) >= 11 is 1.61. The smallest absolute Gasteiger partial charge is 0.227 e. The second-order valence-corrected chi connectivity index (χ2v) is 5.17. The molecule has 1 aromatic carbocycles. The van der Waals surface area contributed by atoms with Crippen molar-refractivity contribution in [2.24, 2.45) is 0 Å². The molecule has 0 bridgehead atoms. The lowest BCUT2D eigenvalue weighted by Crippen LogP contribution is -1.77. The third-order valence-electron chi connectivity index (χ3n) is 2.99. The Morgan fingerprint density at radius 1 is 0.950 bits per heavy atom. The molecule has 0 unspecified atom stereocenters. The van der Waals surface area contributed by atoms with Crippen LogP contribution in [0.25, 0.3) is 33.1 Å². The maximum absolute atomic E-state index is 5.77. The highest BCUT2D eigenvalue weighted by molar-refractivity contribution is 7.13. The van der Waals surface area contributed by atoms with Gasteiger partial charge >= 0.3 is 0 Å². The first-order valence-electron chi connectivity index (χ1n) is 6.11. The van der Waals surface area contributed by atoms with E-state index in [2.05, 4.69) is 15.0 Å². The number of fused-ring (bicyclic) bond motifs is 1. The maximum atomic E-state index is 5.77. The van der Waals surface area contributed by atoms with Crippen molar-refractivity contribution in [1.29, 1.82) is 0 Å². The van der Waals surface area contributed by atoms with E-state index in [0.29, 0.717) is 5.89 Å². The SMILES string of the molecule is c1cc(-c2nc3cc(-c4nccs4)ccc3o2)ccn1. The van der Waals surface area contributed by atoms with Gasteiger partial charge in [-0.05, 0) is 30.3 Å². The minimum Gasteiger partial charge on any atom is -0.436 e. The Morgan fingerprint density at radius 2 is 1.85 bits per heavy atom. The molecular weight excluding hydrogens is 270 g/mol. The van der Waals surface area contributed by atoms with Gasteiger partial charge in [0, 0.05) is 35.1 Å². The number of nitrogens with zero attached hydrogens (tertiary/aromatic N) is 3. The lowest BCUT2D eigenvalue weighted by molar-refractivity contribution is 0.619. The van der Waals surface area contributed by atoms with Crippen LogP contribution < -0.4 is 0 Å². The summed E-state index contributed by atoms with van der Waals surface area (Å²) < 4.78 is 5.77.